The van der Waals surface area contributed by atoms with Gasteiger partial charge in [-0.25, -0.2) is 0 Å². The molecule has 28 heavy (non-hydrogen) atoms. The van der Waals surface area contributed by atoms with Crippen molar-refractivity contribution < 1.29 is 32.3 Å². The summed E-state index contributed by atoms with van der Waals surface area (Å²) in [6.45, 7) is -0.407. The maximum absolute atomic E-state index is 12.7. The molecule has 0 spiro atoms. The maximum Gasteiger partial charge on any atom is 0.416 e. The fraction of sp³-hybridized carbons (Fsp3) is 0.211. The van der Waals surface area contributed by atoms with Crippen LogP contribution in [0.4, 0.5) is 18.0 Å². The molecule has 1 N–H and O–H groups in total. The molecule has 1 unspecified atom stereocenters. The van der Waals surface area contributed by atoms with Gasteiger partial charge in [0.1, 0.15) is 5.75 Å². The summed E-state index contributed by atoms with van der Waals surface area (Å²) in [5, 5.41) is 1.36. The smallest absolute Gasteiger partial charge is 0.416 e. The molecule has 1 heterocycles. The molecule has 9 heteroatoms. The Morgan fingerprint density at radius 1 is 1.11 bits per heavy atom. The molecule has 1 saturated heterocycles. The molecular formula is C19H14F3NO4S. The van der Waals surface area contributed by atoms with Gasteiger partial charge in [-0.15, -0.1) is 0 Å². The average Bonchev–Trinajstić information content (AvgIpc) is 2.97. The van der Waals surface area contributed by atoms with Crippen molar-refractivity contribution in [2.75, 3.05) is 6.61 Å². The molecule has 1 aliphatic heterocycles. The van der Waals surface area contributed by atoms with Crippen LogP contribution in [-0.2, 0) is 17.4 Å². The highest BCUT2D eigenvalue weighted by Gasteiger charge is 2.32. The standard InChI is InChI=1S/C19H14F3NO4S/c20-19(21,22)13-3-1-2-12(9-13)15(24)10-27-14-6-4-11(5-7-14)8-16-17(25)23-18(26)28-16/h1-7,9,16H,8,10H2,(H,23,25,26). The lowest BCUT2D eigenvalue weighted by atomic mass is 10.1. The zero-order valence-corrected chi connectivity index (χ0v) is 15.1. The van der Waals surface area contributed by atoms with E-state index in [0.29, 0.717) is 12.2 Å². The van der Waals surface area contributed by atoms with Crippen LogP contribution in [0.15, 0.2) is 48.5 Å². The molecule has 0 radical (unpaired) electrons. The van der Waals surface area contributed by atoms with E-state index in [1.807, 2.05) is 0 Å². The summed E-state index contributed by atoms with van der Waals surface area (Å²) < 4.78 is 43.5. The molecule has 0 bridgehead atoms. The Labute approximate surface area is 162 Å². The number of ketones is 1. The number of carbonyl (C=O) groups excluding carboxylic acids is 3. The number of amides is 2. The number of nitrogens with one attached hydrogen (secondary N) is 1. The third-order valence-electron chi connectivity index (χ3n) is 3.99. The van der Waals surface area contributed by atoms with Gasteiger partial charge in [-0.05, 0) is 36.2 Å². The second-order valence-corrected chi connectivity index (χ2v) is 7.20. The van der Waals surface area contributed by atoms with Crippen LogP contribution in [-0.4, -0.2) is 28.8 Å². The SMILES string of the molecule is O=C1NC(=O)C(Cc2ccc(OCC(=O)c3cccc(C(F)(F)F)c3)cc2)S1. The number of alkyl halides is 3. The van der Waals surface area contributed by atoms with Crippen LogP contribution < -0.4 is 10.1 Å². The van der Waals surface area contributed by atoms with Crippen molar-refractivity contribution >= 4 is 28.7 Å². The molecule has 0 aromatic heterocycles. The first-order chi connectivity index (χ1) is 13.2. The predicted molar refractivity (Wildman–Crippen MR) is 96.3 cm³/mol. The van der Waals surface area contributed by atoms with Gasteiger partial charge in [0.05, 0.1) is 10.8 Å². The van der Waals surface area contributed by atoms with Gasteiger partial charge in [0.25, 0.3) is 5.24 Å². The summed E-state index contributed by atoms with van der Waals surface area (Å²) >= 11 is 0.932. The van der Waals surface area contributed by atoms with E-state index in [2.05, 4.69) is 5.32 Å². The van der Waals surface area contributed by atoms with E-state index >= 15 is 0 Å². The fourth-order valence-electron chi connectivity index (χ4n) is 2.56. The van der Waals surface area contributed by atoms with Crippen LogP contribution in [0.5, 0.6) is 5.75 Å². The Hall–Kier alpha value is -2.81. The lowest BCUT2D eigenvalue weighted by Crippen LogP contribution is -2.25. The Morgan fingerprint density at radius 3 is 2.43 bits per heavy atom. The largest absolute Gasteiger partial charge is 0.485 e. The van der Waals surface area contributed by atoms with Crippen molar-refractivity contribution in [3.63, 3.8) is 0 Å². The minimum atomic E-state index is -4.52. The van der Waals surface area contributed by atoms with Gasteiger partial charge in [-0.3, -0.25) is 19.7 Å². The second-order valence-electron chi connectivity index (χ2n) is 6.02. The molecule has 1 atom stereocenters. The molecule has 2 aromatic carbocycles. The summed E-state index contributed by atoms with van der Waals surface area (Å²) in [4.78, 5) is 34.8. The van der Waals surface area contributed by atoms with Crippen LogP contribution in [0.25, 0.3) is 0 Å². The van der Waals surface area contributed by atoms with E-state index in [4.69, 9.17) is 4.74 Å². The first-order valence-corrected chi connectivity index (χ1v) is 9.04. The third-order valence-corrected chi connectivity index (χ3v) is 4.97. The zero-order chi connectivity index (χ0) is 20.3. The number of hydrogen-bond donors (Lipinski definition) is 1. The number of thioether (sulfide) groups is 1. The zero-order valence-electron chi connectivity index (χ0n) is 14.3. The van der Waals surface area contributed by atoms with E-state index in [-0.39, 0.29) is 16.7 Å². The van der Waals surface area contributed by atoms with Gasteiger partial charge >= 0.3 is 6.18 Å². The van der Waals surface area contributed by atoms with Crippen molar-refractivity contribution in [2.24, 2.45) is 0 Å². The molecule has 1 aliphatic rings. The molecule has 146 valence electrons. The lowest BCUT2D eigenvalue weighted by molar-refractivity contribution is -0.137. The van der Waals surface area contributed by atoms with Gasteiger partial charge in [0.2, 0.25) is 5.91 Å². The Morgan fingerprint density at radius 2 is 1.82 bits per heavy atom. The molecule has 2 aromatic rings. The first-order valence-electron chi connectivity index (χ1n) is 8.16. The molecular weight excluding hydrogens is 395 g/mol. The number of rotatable bonds is 6. The van der Waals surface area contributed by atoms with E-state index in [9.17, 15) is 27.6 Å². The van der Waals surface area contributed by atoms with Crippen LogP contribution in [0.1, 0.15) is 21.5 Å². The van der Waals surface area contributed by atoms with Crippen LogP contribution in [0.2, 0.25) is 0 Å². The molecule has 2 amide bonds. The monoisotopic (exact) mass is 409 g/mol. The molecule has 3 rings (SSSR count). The topological polar surface area (TPSA) is 72.5 Å². The Bertz CT molecular complexity index is 912. The number of benzene rings is 2. The number of imide groups is 1. The average molecular weight is 409 g/mol. The van der Waals surface area contributed by atoms with Crippen molar-refractivity contribution in [3.05, 3.63) is 65.2 Å². The van der Waals surface area contributed by atoms with Gasteiger partial charge in [-0.2, -0.15) is 13.2 Å². The summed E-state index contributed by atoms with van der Waals surface area (Å²) in [6, 6.07) is 10.7. The van der Waals surface area contributed by atoms with E-state index in [1.54, 1.807) is 24.3 Å². The highest BCUT2D eigenvalue weighted by Crippen LogP contribution is 2.29. The highest BCUT2D eigenvalue weighted by molar-refractivity contribution is 8.15. The predicted octanol–water partition coefficient (Wildman–Crippen LogP) is 3.86. The molecule has 5 nitrogen and oxygen atoms in total. The summed E-state index contributed by atoms with van der Waals surface area (Å²) in [7, 11) is 0. The van der Waals surface area contributed by atoms with Crippen molar-refractivity contribution in [2.45, 2.75) is 17.8 Å². The summed E-state index contributed by atoms with van der Waals surface area (Å²) in [5.74, 6) is -0.543. The van der Waals surface area contributed by atoms with E-state index in [0.717, 1.165) is 29.5 Å². The maximum atomic E-state index is 12.7. The summed E-state index contributed by atoms with van der Waals surface area (Å²) in [5.41, 5.74) is -0.172. The Kier molecular flexibility index (Phi) is 5.73. The van der Waals surface area contributed by atoms with Crippen LogP contribution >= 0.6 is 11.8 Å². The lowest BCUT2D eigenvalue weighted by Gasteiger charge is -2.10. The molecule has 0 aliphatic carbocycles. The molecule has 0 saturated carbocycles. The minimum absolute atomic E-state index is 0.0830. The summed E-state index contributed by atoms with van der Waals surface area (Å²) in [6.07, 6.45) is -4.15. The number of Topliss-reactive ketones (excluding diaryl/α,β-unsaturated/α-hetero) is 1. The van der Waals surface area contributed by atoms with Crippen molar-refractivity contribution in [3.8, 4) is 5.75 Å². The fourth-order valence-corrected chi connectivity index (χ4v) is 3.42. The van der Waals surface area contributed by atoms with Crippen molar-refractivity contribution in [1.82, 2.24) is 5.32 Å². The Balaban J connectivity index is 1.57. The third kappa shape index (κ3) is 4.92. The number of carbonyl (C=O) groups is 3. The minimum Gasteiger partial charge on any atom is -0.485 e. The van der Waals surface area contributed by atoms with Gasteiger partial charge < -0.3 is 4.74 Å². The highest BCUT2D eigenvalue weighted by atomic mass is 32.2. The van der Waals surface area contributed by atoms with E-state index in [1.165, 1.54) is 12.1 Å². The van der Waals surface area contributed by atoms with E-state index < -0.39 is 29.4 Å². The van der Waals surface area contributed by atoms with Gasteiger partial charge in [0, 0.05) is 5.56 Å². The van der Waals surface area contributed by atoms with Crippen molar-refractivity contribution in [1.29, 1.82) is 0 Å². The van der Waals surface area contributed by atoms with Gasteiger partial charge in [-0.1, -0.05) is 36.0 Å². The van der Waals surface area contributed by atoms with Gasteiger partial charge in [0.15, 0.2) is 12.4 Å². The number of hydrogen-bond acceptors (Lipinski definition) is 5. The second kappa shape index (κ2) is 8.05. The molecule has 1 fully saturated rings. The normalized spacial score (nSPS) is 16.8. The number of ether oxygens (including phenoxy) is 1. The number of halogens is 3. The van der Waals surface area contributed by atoms with Crippen LogP contribution in [0, 0.1) is 0 Å². The van der Waals surface area contributed by atoms with Crippen LogP contribution in [0.3, 0.4) is 0 Å². The first kappa shape index (κ1) is 19.9. The quantitative estimate of drug-likeness (QED) is 0.734.